The number of carboxylic acid groups (broad SMARTS) is 1. The molecule has 2 N–H and O–H groups in total. The second kappa shape index (κ2) is 5.99. The molecule has 0 rings (SSSR count). The van der Waals surface area contributed by atoms with Crippen LogP contribution >= 0.6 is 11.9 Å². The molecule has 0 aromatic rings. The number of carbonyl (C=O) groups is 2. The lowest BCUT2D eigenvalue weighted by Gasteiger charge is -1.99. The summed E-state index contributed by atoms with van der Waals surface area (Å²) in [4.78, 5) is 20.4. The Morgan fingerprint density at radius 2 is 2.27 bits per heavy atom. The molecular weight excluding hydrogens is 170 g/mol. The first-order valence-electron chi connectivity index (χ1n) is 2.95. The van der Waals surface area contributed by atoms with Gasteiger partial charge >= 0.3 is 11.3 Å². The molecule has 0 atom stereocenters. The molecule has 0 aromatic carbocycles. The van der Waals surface area contributed by atoms with Crippen LogP contribution in [-0.2, 0) is 9.53 Å². The van der Waals surface area contributed by atoms with Crippen LogP contribution in [0, 0.1) is 0 Å². The van der Waals surface area contributed by atoms with Gasteiger partial charge in [0.25, 0.3) is 0 Å². The van der Waals surface area contributed by atoms with Crippen molar-refractivity contribution in [1.82, 2.24) is 4.72 Å². The fourth-order valence-electron chi connectivity index (χ4n) is 0.304. The van der Waals surface area contributed by atoms with Gasteiger partial charge in [-0.05, 0) is 6.92 Å². The van der Waals surface area contributed by atoms with E-state index in [2.05, 4.69) is 9.46 Å². The van der Waals surface area contributed by atoms with Crippen LogP contribution < -0.4 is 4.72 Å². The quantitative estimate of drug-likeness (QED) is 0.482. The van der Waals surface area contributed by atoms with Crippen LogP contribution in [0.15, 0.2) is 0 Å². The summed E-state index contributed by atoms with van der Waals surface area (Å²) in [5.74, 6) is -1.01. The highest BCUT2D eigenvalue weighted by Gasteiger charge is 2.02. The SMILES string of the molecule is CCOC(=O)SNCC(=O)O. The van der Waals surface area contributed by atoms with Crippen molar-refractivity contribution >= 4 is 23.2 Å². The lowest BCUT2D eigenvalue weighted by atomic mass is 10.7. The summed E-state index contributed by atoms with van der Waals surface area (Å²) in [5, 5.41) is 7.61. The number of nitrogens with one attached hydrogen (secondary N) is 1. The Hall–Kier alpha value is -0.750. The van der Waals surface area contributed by atoms with Gasteiger partial charge in [0, 0.05) is 11.9 Å². The molecule has 0 radical (unpaired) electrons. The van der Waals surface area contributed by atoms with E-state index in [-0.39, 0.29) is 6.54 Å². The minimum absolute atomic E-state index is 0.260. The normalized spacial score (nSPS) is 9.18. The van der Waals surface area contributed by atoms with Gasteiger partial charge < -0.3 is 9.84 Å². The van der Waals surface area contributed by atoms with E-state index >= 15 is 0 Å². The molecule has 0 aliphatic rings. The van der Waals surface area contributed by atoms with Gasteiger partial charge in [-0.2, -0.15) is 0 Å². The fourth-order valence-corrected chi connectivity index (χ4v) is 0.794. The van der Waals surface area contributed by atoms with Gasteiger partial charge in [0.15, 0.2) is 0 Å². The number of ether oxygens (including phenoxy) is 1. The fraction of sp³-hybridized carbons (Fsp3) is 0.600. The first-order valence-corrected chi connectivity index (χ1v) is 3.76. The molecule has 0 fully saturated rings. The predicted octanol–water partition coefficient (Wildman–Crippen LogP) is 0.465. The van der Waals surface area contributed by atoms with Gasteiger partial charge in [-0.3, -0.25) is 4.79 Å². The Bertz CT molecular complexity index is 149. The van der Waals surface area contributed by atoms with E-state index in [0.717, 1.165) is 0 Å². The van der Waals surface area contributed by atoms with Gasteiger partial charge in [0.2, 0.25) is 0 Å². The summed E-state index contributed by atoms with van der Waals surface area (Å²) >= 11 is 0.637. The zero-order valence-electron chi connectivity index (χ0n) is 5.99. The molecular formula is C5H9NO4S. The van der Waals surface area contributed by atoms with Crippen molar-refractivity contribution in [2.75, 3.05) is 13.2 Å². The Balaban J connectivity index is 3.24. The lowest BCUT2D eigenvalue weighted by molar-refractivity contribution is -0.135. The number of hydrogen-bond donors (Lipinski definition) is 2. The van der Waals surface area contributed by atoms with Gasteiger partial charge in [-0.1, -0.05) is 0 Å². The molecule has 0 saturated heterocycles. The minimum Gasteiger partial charge on any atom is -0.480 e. The monoisotopic (exact) mass is 179 g/mol. The Morgan fingerprint density at radius 1 is 1.64 bits per heavy atom. The molecule has 0 bridgehead atoms. The van der Waals surface area contributed by atoms with Gasteiger partial charge in [-0.15, -0.1) is 0 Å². The number of carboxylic acids is 1. The average molecular weight is 179 g/mol. The first kappa shape index (κ1) is 10.2. The highest BCUT2D eigenvalue weighted by molar-refractivity contribution is 8.11. The molecule has 0 saturated carbocycles. The maximum atomic E-state index is 10.5. The largest absolute Gasteiger partial charge is 0.480 e. The number of carbonyl (C=O) groups excluding carboxylic acids is 1. The number of hydrogen-bond acceptors (Lipinski definition) is 5. The predicted molar refractivity (Wildman–Crippen MR) is 40.3 cm³/mol. The topological polar surface area (TPSA) is 75.6 Å². The van der Waals surface area contributed by atoms with Crippen LogP contribution in [0.2, 0.25) is 0 Å². The van der Waals surface area contributed by atoms with E-state index in [9.17, 15) is 9.59 Å². The summed E-state index contributed by atoms with van der Waals surface area (Å²) in [6.07, 6.45) is 0. The van der Waals surface area contributed by atoms with Crippen molar-refractivity contribution in [2.45, 2.75) is 6.92 Å². The smallest absolute Gasteiger partial charge is 0.382 e. The van der Waals surface area contributed by atoms with Crippen LogP contribution in [0.3, 0.4) is 0 Å². The first-order chi connectivity index (χ1) is 5.16. The maximum Gasteiger partial charge on any atom is 0.382 e. The molecule has 5 nitrogen and oxygen atoms in total. The van der Waals surface area contributed by atoms with Crippen molar-refractivity contribution < 1.29 is 19.4 Å². The standard InChI is InChI=1S/C5H9NO4S/c1-2-10-5(9)11-6-3-4(7)8/h6H,2-3H2,1H3,(H,7,8). The maximum absolute atomic E-state index is 10.5. The van der Waals surface area contributed by atoms with Crippen molar-refractivity contribution in [3.05, 3.63) is 0 Å². The summed E-state index contributed by atoms with van der Waals surface area (Å²) in [6.45, 7) is 1.71. The van der Waals surface area contributed by atoms with Crippen molar-refractivity contribution in [1.29, 1.82) is 0 Å². The third kappa shape index (κ3) is 7.14. The van der Waals surface area contributed by atoms with Crippen LogP contribution in [0.5, 0.6) is 0 Å². The zero-order chi connectivity index (χ0) is 8.69. The summed E-state index contributed by atoms with van der Waals surface area (Å²) in [5.41, 5.74) is 0. The van der Waals surface area contributed by atoms with E-state index in [1.807, 2.05) is 0 Å². The zero-order valence-corrected chi connectivity index (χ0v) is 6.81. The second-order valence-electron chi connectivity index (χ2n) is 1.50. The van der Waals surface area contributed by atoms with Crippen molar-refractivity contribution in [2.24, 2.45) is 0 Å². The third-order valence-corrected chi connectivity index (χ3v) is 1.21. The number of rotatable bonds is 4. The van der Waals surface area contributed by atoms with Crippen LogP contribution in [0.1, 0.15) is 6.92 Å². The van der Waals surface area contributed by atoms with Gasteiger partial charge in [-0.25, -0.2) is 9.52 Å². The minimum atomic E-state index is -1.01. The molecule has 64 valence electrons. The molecule has 0 heterocycles. The highest BCUT2D eigenvalue weighted by Crippen LogP contribution is 1.97. The van der Waals surface area contributed by atoms with Crippen molar-refractivity contribution in [3.63, 3.8) is 0 Å². The number of aliphatic carboxylic acids is 1. The Morgan fingerprint density at radius 3 is 2.73 bits per heavy atom. The summed E-state index contributed by atoms with van der Waals surface area (Å²) in [7, 11) is 0. The lowest BCUT2D eigenvalue weighted by Crippen LogP contribution is -2.18. The molecule has 0 amide bonds. The van der Waals surface area contributed by atoms with E-state index in [1.54, 1.807) is 6.92 Å². The van der Waals surface area contributed by atoms with Gasteiger partial charge in [0.05, 0.1) is 6.61 Å². The third-order valence-electron chi connectivity index (χ3n) is 0.641. The van der Waals surface area contributed by atoms with Crippen LogP contribution in [-0.4, -0.2) is 29.5 Å². The molecule has 0 unspecified atom stereocenters. The van der Waals surface area contributed by atoms with E-state index < -0.39 is 11.3 Å². The molecule has 0 aliphatic carbocycles. The van der Waals surface area contributed by atoms with Gasteiger partial charge in [0.1, 0.15) is 6.54 Å². The summed E-state index contributed by atoms with van der Waals surface area (Å²) in [6, 6.07) is 0. The molecule has 11 heavy (non-hydrogen) atoms. The van der Waals surface area contributed by atoms with Crippen LogP contribution in [0.4, 0.5) is 4.79 Å². The van der Waals surface area contributed by atoms with E-state index in [0.29, 0.717) is 18.6 Å². The highest BCUT2D eigenvalue weighted by atomic mass is 32.2. The molecule has 0 spiro atoms. The Labute approximate surface area is 68.2 Å². The average Bonchev–Trinajstić information content (AvgIpc) is 1.87. The van der Waals surface area contributed by atoms with Crippen molar-refractivity contribution in [3.8, 4) is 0 Å². The van der Waals surface area contributed by atoms with E-state index in [1.165, 1.54) is 0 Å². The van der Waals surface area contributed by atoms with E-state index in [4.69, 9.17) is 5.11 Å². The Kier molecular flexibility index (Phi) is 5.58. The van der Waals surface area contributed by atoms with Crippen LogP contribution in [0.25, 0.3) is 0 Å². The molecule has 0 aliphatic heterocycles. The summed E-state index contributed by atoms with van der Waals surface area (Å²) < 4.78 is 6.80. The molecule has 6 heteroatoms. The second-order valence-corrected chi connectivity index (χ2v) is 2.33. The molecule has 0 aromatic heterocycles.